The van der Waals surface area contributed by atoms with Gasteiger partial charge in [-0.2, -0.15) is 5.10 Å². The fraction of sp³-hybridized carbons (Fsp3) is 0.550. The second kappa shape index (κ2) is 7.58. The number of nitrogens with zero attached hydrogens (tertiary/aromatic N) is 5. The van der Waals surface area contributed by atoms with Gasteiger partial charge in [0.1, 0.15) is 5.69 Å². The molecule has 6 heteroatoms. The van der Waals surface area contributed by atoms with Gasteiger partial charge in [0.25, 0.3) is 5.91 Å². The van der Waals surface area contributed by atoms with Crippen molar-refractivity contribution >= 4 is 5.91 Å². The van der Waals surface area contributed by atoms with Crippen molar-refractivity contribution in [3.8, 4) is 0 Å². The van der Waals surface area contributed by atoms with E-state index in [1.54, 1.807) is 0 Å². The third-order valence-corrected chi connectivity index (χ3v) is 5.54. The molecule has 4 heterocycles. The van der Waals surface area contributed by atoms with E-state index in [-0.39, 0.29) is 5.91 Å². The third kappa shape index (κ3) is 3.51. The van der Waals surface area contributed by atoms with E-state index in [0.29, 0.717) is 5.92 Å². The van der Waals surface area contributed by atoms with Crippen LogP contribution < -0.4 is 0 Å². The standard InChI is InChI=1S/C20H27N5O/c1-2-24-10-5-11-25-19(20(24)26)12-18(22-25)17-7-4-9-23(15-17)14-16-6-3-8-21-13-16/h3,6,8,12-13,17H,2,4-5,7,9-11,14-15H2,1H3. The predicted octanol–water partition coefficient (Wildman–Crippen LogP) is 2.52. The van der Waals surface area contributed by atoms with Crippen molar-refractivity contribution < 1.29 is 4.79 Å². The lowest BCUT2D eigenvalue weighted by Crippen LogP contribution is -2.34. The molecular weight excluding hydrogens is 326 g/mol. The molecule has 6 nitrogen and oxygen atoms in total. The van der Waals surface area contributed by atoms with Gasteiger partial charge in [0.2, 0.25) is 0 Å². The molecule has 2 aliphatic rings. The van der Waals surface area contributed by atoms with Crippen molar-refractivity contribution in [3.05, 3.63) is 47.5 Å². The molecule has 0 spiro atoms. The summed E-state index contributed by atoms with van der Waals surface area (Å²) in [6.45, 7) is 7.52. The first kappa shape index (κ1) is 17.2. The molecule has 0 N–H and O–H groups in total. The summed E-state index contributed by atoms with van der Waals surface area (Å²) in [6.07, 6.45) is 7.05. The number of amides is 1. The zero-order valence-corrected chi connectivity index (χ0v) is 15.5. The lowest BCUT2D eigenvalue weighted by molar-refractivity contribution is 0.0766. The Kier molecular flexibility index (Phi) is 5.02. The summed E-state index contributed by atoms with van der Waals surface area (Å²) in [5.41, 5.74) is 3.11. The second-order valence-corrected chi connectivity index (χ2v) is 7.35. The Morgan fingerprint density at radius 1 is 1.23 bits per heavy atom. The molecule has 0 aromatic carbocycles. The van der Waals surface area contributed by atoms with E-state index < -0.39 is 0 Å². The SMILES string of the molecule is CCN1CCCn2nc(C3CCCN(Cc4cccnc4)C3)cc2C1=O. The Bertz CT molecular complexity index is 757. The molecule has 26 heavy (non-hydrogen) atoms. The molecule has 0 aliphatic carbocycles. The summed E-state index contributed by atoms with van der Waals surface area (Å²) < 4.78 is 1.94. The van der Waals surface area contributed by atoms with Crippen molar-refractivity contribution in [1.29, 1.82) is 0 Å². The Hall–Kier alpha value is -2.21. The average Bonchev–Trinajstić information content (AvgIpc) is 3.04. The minimum absolute atomic E-state index is 0.131. The van der Waals surface area contributed by atoms with Gasteiger partial charge in [-0.25, -0.2) is 0 Å². The van der Waals surface area contributed by atoms with Crippen LogP contribution in [0, 0.1) is 0 Å². The van der Waals surface area contributed by atoms with E-state index in [1.807, 2.05) is 35.0 Å². The van der Waals surface area contributed by atoms with Gasteiger partial charge >= 0.3 is 0 Å². The number of rotatable bonds is 4. The molecule has 4 rings (SSSR count). The van der Waals surface area contributed by atoms with Crippen LogP contribution in [0.2, 0.25) is 0 Å². The minimum atomic E-state index is 0.131. The summed E-state index contributed by atoms with van der Waals surface area (Å²) in [4.78, 5) is 21.3. The Balaban J connectivity index is 1.49. The van der Waals surface area contributed by atoms with Gasteiger partial charge in [0.15, 0.2) is 0 Å². The molecule has 2 aromatic heterocycles. The summed E-state index contributed by atoms with van der Waals surface area (Å²) in [6, 6.07) is 6.18. The Morgan fingerprint density at radius 2 is 2.15 bits per heavy atom. The third-order valence-electron chi connectivity index (χ3n) is 5.54. The van der Waals surface area contributed by atoms with Crippen molar-refractivity contribution in [2.24, 2.45) is 0 Å². The van der Waals surface area contributed by atoms with Crippen LogP contribution >= 0.6 is 0 Å². The lowest BCUT2D eigenvalue weighted by atomic mass is 9.94. The van der Waals surface area contributed by atoms with Crippen LogP contribution in [0.1, 0.15) is 53.8 Å². The molecule has 2 aliphatic heterocycles. The maximum absolute atomic E-state index is 12.7. The van der Waals surface area contributed by atoms with Gasteiger partial charge in [-0.15, -0.1) is 0 Å². The van der Waals surface area contributed by atoms with Crippen LogP contribution in [0.4, 0.5) is 0 Å². The molecule has 1 amide bonds. The molecule has 0 saturated carbocycles. The Labute approximate surface area is 154 Å². The number of aromatic nitrogens is 3. The highest BCUT2D eigenvalue weighted by Crippen LogP contribution is 2.28. The van der Waals surface area contributed by atoms with E-state index >= 15 is 0 Å². The second-order valence-electron chi connectivity index (χ2n) is 7.35. The normalized spacial score (nSPS) is 21.5. The topological polar surface area (TPSA) is 54.3 Å². The summed E-state index contributed by atoms with van der Waals surface area (Å²) in [5, 5.41) is 4.83. The fourth-order valence-electron chi connectivity index (χ4n) is 4.15. The van der Waals surface area contributed by atoms with Crippen molar-refractivity contribution in [3.63, 3.8) is 0 Å². The first-order chi connectivity index (χ1) is 12.7. The van der Waals surface area contributed by atoms with E-state index in [9.17, 15) is 4.79 Å². The maximum Gasteiger partial charge on any atom is 0.272 e. The number of piperidine rings is 1. The molecular formula is C20H27N5O. The minimum Gasteiger partial charge on any atom is -0.338 e. The first-order valence-electron chi connectivity index (χ1n) is 9.73. The fourth-order valence-corrected chi connectivity index (χ4v) is 4.15. The molecule has 2 aromatic rings. The molecule has 138 valence electrons. The van der Waals surface area contributed by atoms with Crippen molar-refractivity contribution in [2.75, 3.05) is 26.2 Å². The van der Waals surface area contributed by atoms with Crippen molar-refractivity contribution in [2.45, 2.75) is 45.2 Å². The number of aryl methyl sites for hydroxylation is 1. The molecule has 1 saturated heterocycles. The first-order valence-corrected chi connectivity index (χ1v) is 9.73. The number of carbonyl (C=O) groups excluding carboxylic acids is 1. The average molecular weight is 353 g/mol. The van der Waals surface area contributed by atoms with E-state index in [1.165, 1.54) is 12.0 Å². The van der Waals surface area contributed by atoms with E-state index in [0.717, 1.165) is 63.5 Å². The lowest BCUT2D eigenvalue weighted by Gasteiger charge is -2.31. The molecule has 0 radical (unpaired) electrons. The summed E-state index contributed by atoms with van der Waals surface area (Å²) in [7, 11) is 0. The van der Waals surface area contributed by atoms with Gasteiger partial charge in [-0.05, 0) is 50.4 Å². The highest BCUT2D eigenvalue weighted by Gasteiger charge is 2.28. The van der Waals surface area contributed by atoms with Gasteiger partial charge in [0, 0.05) is 51.0 Å². The summed E-state index contributed by atoms with van der Waals surface area (Å²) in [5.74, 6) is 0.537. The van der Waals surface area contributed by atoms with Crippen LogP contribution in [0.5, 0.6) is 0 Å². The van der Waals surface area contributed by atoms with E-state index in [2.05, 4.69) is 22.0 Å². The molecule has 1 unspecified atom stereocenters. The predicted molar refractivity (Wildman–Crippen MR) is 99.9 cm³/mol. The largest absolute Gasteiger partial charge is 0.338 e. The number of likely N-dealkylation sites (tertiary alicyclic amines) is 1. The zero-order chi connectivity index (χ0) is 17.9. The quantitative estimate of drug-likeness (QED) is 0.848. The van der Waals surface area contributed by atoms with Gasteiger partial charge < -0.3 is 4.90 Å². The van der Waals surface area contributed by atoms with Gasteiger partial charge in [-0.3, -0.25) is 19.4 Å². The van der Waals surface area contributed by atoms with Gasteiger partial charge in [-0.1, -0.05) is 6.07 Å². The number of pyridine rings is 1. The smallest absolute Gasteiger partial charge is 0.272 e. The molecule has 1 atom stereocenters. The van der Waals surface area contributed by atoms with Gasteiger partial charge in [0.05, 0.1) is 5.69 Å². The number of hydrogen-bond acceptors (Lipinski definition) is 4. The number of hydrogen-bond donors (Lipinski definition) is 0. The summed E-state index contributed by atoms with van der Waals surface area (Å²) >= 11 is 0. The van der Waals surface area contributed by atoms with Crippen molar-refractivity contribution in [1.82, 2.24) is 24.6 Å². The van der Waals surface area contributed by atoms with Crippen LogP contribution in [0.25, 0.3) is 0 Å². The van der Waals surface area contributed by atoms with Crippen LogP contribution in [0.15, 0.2) is 30.6 Å². The highest BCUT2D eigenvalue weighted by molar-refractivity contribution is 5.93. The number of fused-ring (bicyclic) bond motifs is 1. The molecule has 1 fully saturated rings. The van der Waals surface area contributed by atoms with Crippen LogP contribution in [0.3, 0.4) is 0 Å². The van der Waals surface area contributed by atoms with Crippen LogP contribution in [-0.2, 0) is 13.1 Å². The maximum atomic E-state index is 12.7. The molecule has 0 bridgehead atoms. The number of carbonyl (C=O) groups is 1. The highest BCUT2D eigenvalue weighted by atomic mass is 16.2. The van der Waals surface area contributed by atoms with Crippen LogP contribution in [-0.4, -0.2) is 56.7 Å². The van der Waals surface area contributed by atoms with E-state index in [4.69, 9.17) is 5.10 Å². The Morgan fingerprint density at radius 3 is 2.96 bits per heavy atom. The zero-order valence-electron chi connectivity index (χ0n) is 15.5. The monoisotopic (exact) mass is 353 g/mol.